The molecule has 0 aliphatic heterocycles. The molecule has 1 saturated carbocycles. The molecule has 120 valence electrons. The Morgan fingerprint density at radius 2 is 1.68 bits per heavy atom. The highest BCUT2D eigenvalue weighted by Gasteiger charge is 2.33. The number of nitrogens with zero attached hydrogens (tertiary/aromatic N) is 1. The van der Waals surface area contributed by atoms with Gasteiger partial charge in [-0.3, -0.25) is 5.43 Å². The van der Waals surface area contributed by atoms with Crippen molar-refractivity contribution in [3.05, 3.63) is 29.8 Å². The van der Waals surface area contributed by atoms with Crippen LogP contribution in [0.1, 0.15) is 44.1 Å². The van der Waals surface area contributed by atoms with Gasteiger partial charge >= 0.3 is 6.18 Å². The van der Waals surface area contributed by atoms with E-state index in [1.807, 2.05) is 0 Å². The third-order valence-corrected chi connectivity index (χ3v) is 3.67. The highest BCUT2D eigenvalue weighted by atomic mass is 32.1. The number of para-hydroxylation sites is 1. The van der Waals surface area contributed by atoms with Crippen molar-refractivity contribution < 1.29 is 13.2 Å². The van der Waals surface area contributed by atoms with E-state index in [4.69, 9.17) is 12.2 Å². The minimum absolute atomic E-state index is 0.0634. The maximum atomic E-state index is 12.9. The molecular weight excluding hydrogens is 311 g/mol. The lowest BCUT2D eigenvalue weighted by Crippen LogP contribution is -2.26. The van der Waals surface area contributed by atoms with Crippen molar-refractivity contribution in [2.24, 2.45) is 5.10 Å². The minimum Gasteiger partial charge on any atom is -0.331 e. The summed E-state index contributed by atoms with van der Waals surface area (Å²) >= 11 is 5.02. The van der Waals surface area contributed by atoms with Crippen LogP contribution in [0, 0.1) is 0 Å². The maximum absolute atomic E-state index is 12.9. The number of nitrogens with one attached hydrogen (secondary N) is 2. The minimum atomic E-state index is -4.42. The topological polar surface area (TPSA) is 36.4 Å². The molecule has 0 saturated heterocycles. The van der Waals surface area contributed by atoms with Gasteiger partial charge in [0.1, 0.15) is 0 Å². The third kappa shape index (κ3) is 4.98. The molecule has 1 fully saturated rings. The van der Waals surface area contributed by atoms with Crippen molar-refractivity contribution in [1.82, 2.24) is 5.43 Å². The summed E-state index contributed by atoms with van der Waals surface area (Å²) in [4.78, 5) is 0. The quantitative estimate of drug-likeness (QED) is 0.469. The van der Waals surface area contributed by atoms with Crippen molar-refractivity contribution in [2.75, 3.05) is 5.32 Å². The summed E-state index contributed by atoms with van der Waals surface area (Å²) in [5.41, 5.74) is 2.84. The largest absolute Gasteiger partial charge is 0.418 e. The van der Waals surface area contributed by atoms with E-state index < -0.39 is 11.7 Å². The van der Waals surface area contributed by atoms with Crippen molar-refractivity contribution in [3.8, 4) is 0 Å². The molecule has 2 rings (SSSR count). The van der Waals surface area contributed by atoms with E-state index >= 15 is 0 Å². The molecule has 7 heteroatoms. The normalized spacial score (nSPS) is 15.9. The van der Waals surface area contributed by atoms with Gasteiger partial charge in [0.15, 0.2) is 5.11 Å². The Balaban J connectivity index is 1.99. The fraction of sp³-hybridized carbons (Fsp3) is 0.467. The lowest BCUT2D eigenvalue weighted by atomic mass is 10.2. The molecular formula is C15H18F3N3S. The van der Waals surface area contributed by atoms with Crippen LogP contribution in [-0.4, -0.2) is 10.8 Å². The molecule has 0 aromatic heterocycles. The second-order valence-electron chi connectivity index (χ2n) is 5.20. The summed E-state index contributed by atoms with van der Waals surface area (Å²) in [6, 6.07) is 5.23. The van der Waals surface area contributed by atoms with Gasteiger partial charge in [-0.15, -0.1) is 0 Å². The Morgan fingerprint density at radius 3 is 2.32 bits per heavy atom. The fourth-order valence-electron chi connectivity index (χ4n) is 2.37. The Labute approximate surface area is 133 Å². The summed E-state index contributed by atoms with van der Waals surface area (Å²) in [6.07, 6.45) is 1.98. The molecule has 0 atom stereocenters. The predicted molar refractivity (Wildman–Crippen MR) is 85.9 cm³/mol. The summed E-state index contributed by atoms with van der Waals surface area (Å²) in [5, 5.41) is 6.84. The molecule has 22 heavy (non-hydrogen) atoms. The highest BCUT2D eigenvalue weighted by molar-refractivity contribution is 7.80. The Bertz CT molecular complexity index is 545. The molecule has 0 radical (unpaired) electrons. The summed E-state index contributed by atoms with van der Waals surface area (Å²) < 4.78 is 38.7. The lowest BCUT2D eigenvalue weighted by molar-refractivity contribution is -0.136. The SMILES string of the molecule is FC(F)(F)c1ccccc1NC(=S)NN=C1CCCCCC1. The fourth-order valence-corrected chi connectivity index (χ4v) is 2.52. The molecule has 2 N–H and O–H groups in total. The van der Waals surface area contributed by atoms with Crippen LogP contribution in [0.2, 0.25) is 0 Å². The van der Waals surface area contributed by atoms with Crippen LogP contribution in [0.25, 0.3) is 0 Å². The smallest absolute Gasteiger partial charge is 0.331 e. The van der Waals surface area contributed by atoms with Gasteiger partial charge in [-0.05, 0) is 50.0 Å². The zero-order valence-corrected chi connectivity index (χ0v) is 12.9. The maximum Gasteiger partial charge on any atom is 0.418 e. The number of hydrazone groups is 1. The van der Waals surface area contributed by atoms with Crippen molar-refractivity contribution in [2.45, 2.75) is 44.7 Å². The number of thiocarbonyl (C=S) groups is 1. The standard InChI is InChI=1S/C15H18F3N3S/c16-15(17,18)12-9-5-6-10-13(12)19-14(22)21-20-11-7-3-1-2-4-8-11/h5-6,9-10H,1-4,7-8H2,(H2,19,21,22). The number of halogens is 3. The van der Waals surface area contributed by atoms with Gasteiger partial charge in [0.2, 0.25) is 0 Å². The van der Waals surface area contributed by atoms with Crippen LogP contribution < -0.4 is 10.7 Å². The first kappa shape index (κ1) is 16.7. The second kappa shape index (κ2) is 7.58. The van der Waals surface area contributed by atoms with Crippen LogP contribution in [0.3, 0.4) is 0 Å². The highest BCUT2D eigenvalue weighted by Crippen LogP contribution is 2.34. The van der Waals surface area contributed by atoms with E-state index in [0.29, 0.717) is 0 Å². The van der Waals surface area contributed by atoms with Gasteiger partial charge in [-0.25, -0.2) is 0 Å². The number of hydrogen-bond donors (Lipinski definition) is 2. The van der Waals surface area contributed by atoms with E-state index in [2.05, 4.69) is 15.8 Å². The van der Waals surface area contributed by atoms with Crippen LogP contribution in [0.15, 0.2) is 29.4 Å². The molecule has 1 aliphatic carbocycles. The first-order valence-corrected chi connectivity index (χ1v) is 7.66. The lowest BCUT2D eigenvalue weighted by Gasteiger charge is -2.14. The Kier molecular flexibility index (Phi) is 5.76. The van der Waals surface area contributed by atoms with E-state index in [9.17, 15) is 13.2 Å². The van der Waals surface area contributed by atoms with E-state index in [1.54, 1.807) is 0 Å². The molecule has 0 spiro atoms. The van der Waals surface area contributed by atoms with Gasteiger partial charge in [0, 0.05) is 5.71 Å². The molecule has 0 amide bonds. The van der Waals surface area contributed by atoms with Crippen LogP contribution >= 0.6 is 12.2 Å². The second-order valence-corrected chi connectivity index (χ2v) is 5.61. The predicted octanol–water partition coefficient (Wildman–Crippen LogP) is 4.70. The van der Waals surface area contributed by atoms with Gasteiger partial charge in [-0.1, -0.05) is 25.0 Å². The molecule has 0 heterocycles. The summed E-state index contributed by atoms with van der Waals surface area (Å²) in [6.45, 7) is 0. The molecule has 1 aromatic rings. The van der Waals surface area contributed by atoms with Crippen LogP contribution in [0.4, 0.5) is 18.9 Å². The zero-order valence-electron chi connectivity index (χ0n) is 12.0. The number of anilines is 1. The summed E-state index contributed by atoms with van der Waals surface area (Å²) in [5.74, 6) is 0. The van der Waals surface area contributed by atoms with E-state index in [-0.39, 0.29) is 10.8 Å². The van der Waals surface area contributed by atoms with Crippen molar-refractivity contribution in [1.29, 1.82) is 0 Å². The number of hydrogen-bond acceptors (Lipinski definition) is 2. The molecule has 0 unspecified atom stereocenters. The number of benzene rings is 1. The number of rotatable bonds is 2. The Morgan fingerprint density at radius 1 is 1.05 bits per heavy atom. The van der Waals surface area contributed by atoms with E-state index in [0.717, 1.165) is 37.5 Å². The van der Waals surface area contributed by atoms with Gasteiger partial charge in [0.05, 0.1) is 11.3 Å². The molecule has 1 aromatic carbocycles. The van der Waals surface area contributed by atoms with Crippen LogP contribution in [-0.2, 0) is 6.18 Å². The van der Waals surface area contributed by atoms with Crippen molar-refractivity contribution >= 4 is 28.7 Å². The van der Waals surface area contributed by atoms with Gasteiger partial charge in [-0.2, -0.15) is 18.3 Å². The summed E-state index contributed by atoms with van der Waals surface area (Å²) in [7, 11) is 0. The molecule has 0 bridgehead atoms. The van der Waals surface area contributed by atoms with Gasteiger partial charge in [0.25, 0.3) is 0 Å². The third-order valence-electron chi connectivity index (χ3n) is 3.48. The molecule has 1 aliphatic rings. The van der Waals surface area contributed by atoms with E-state index in [1.165, 1.54) is 31.0 Å². The van der Waals surface area contributed by atoms with Crippen LogP contribution in [0.5, 0.6) is 0 Å². The average Bonchev–Trinajstić information content (AvgIpc) is 2.73. The number of alkyl halides is 3. The zero-order chi connectivity index (χ0) is 16.0. The Hall–Kier alpha value is -1.63. The van der Waals surface area contributed by atoms with Crippen molar-refractivity contribution in [3.63, 3.8) is 0 Å². The average molecular weight is 329 g/mol. The first-order valence-electron chi connectivity index (χ1n) is 7.25. The monoisotopic (exact) mass is 329 g/mol. The van der Waals surface area contributed by atoms with Gasteiger partial charge < -0.3 is 5.32 Å². The first-order chi connectivity index (χ1) is 10.5. The molecule has 3 nitrogen and oxygen atoms in total.